The van der Waals surface area contributed by atoms with Gasteiger partial charge in [0.25, 0.3) is 5.91 Å². The normalized spacial score (nSPS) is 18.8. The first-order valence-electron chi connectivity index (χ1n) is 9.00. The predicted octanol–water partition coefficient (Wildman–Crippen LogP) is 2.17. The van der Waals surface area contributed by atoms with Crippen molar-refractivity contribution in [3.63, 3.8) is 0 Å². The number of hydrogen-bond acceptors (Lipinski definition) is 5. The number of sulfonamides is 1. The highest BCUT2D eigenvalue weighted by molar-refractivity contribution is 7.89. The Kier molecular flexibility index (Phi) is 6.73. The number of carbonyl (C=O) groups is 1. The Morgan fingerprint density at radius 3 is 2.53 bits per heavy atom. The largest absolute Gasteiger partial charge is 0.390 e. The molecule has 1 fully saturated rings. The van der Waals surface area contributed by atoms with Gasteiger partial charge < -0.3 is 15.3 Å². The van der Waals surface area contributed by atoms with Gasteiger partial charge in [-0.1, -0.05) is 11.6 Å². The summed E-state index contributed by atoms with van der Waals surface area (Å²) in [7, 11) is -2.55. The van der Waals surface area contributed by atoms with E-state index in [1.54, 1.807) is 11.9 Å². The summed E-state index contributed by atoms with van der Waals surface area (Å²) in [4.78, 5) is 13.6. The third-order valence-corrected chi connectivity index (χ3v) is 6.83. The number of aliphatic hydroxyl groups is 1. The summed E-state index contributed by atoms with van der Waals surface area (Å²) in [5.41, 5.74) is 0.0849. The lowest BCUT2D eigenvalue weighted by Crippen LogP contribution is -2.38. The van der Waals surface area contributed by atoms with Gasteiger partial charge in [-0.05, 0) is 43.4 Å². The molecule has 0 bridgehead atoms. The van der Waals surface area contributed by atoms with Crippen LogP contribution in [0.3, 0.4) is 0 Å². The number of aliphatic hydroxyl groups excluding tert-OH is 1. The van der Waals surface area contributed by atoms with E-state index in [1.807, 2.05) is 0 Å². The number of amides is 1. The molecular weight excluding hydrogens is 440 g/mol. The second-order valence-electron chi connectivity index (χ2n) is 7.01. The second kappa shape index (κ2) is 8.94. The van der Waals surface area contributed by atoms with Gasteiger partial charge in [-0.3, -0.25) is 4.79 Å². The van der Waals surface area contributed by atoms with E-state index < -0.39 is 38.6 Å². The van der Waals surface area contributed by atoms with Crippen LogP contribution in [0.1, 0.15) is 10.4 Å². The number of nitrogens with one attached hydrogen (secondary N) is 1. The number of halogens is 3. The van der Waals surface area contributed by atoms with E-state index in [0.29, 0.717) is 6.54 Å². The van der Waals surface area contributed by atoms with Crippen molar-refractivity contribution in [1.82, 2.24) is 9.21 Å². The van der Waals surface area contributed by atoms with Gasteiger partial charge in [0.05, 0.1) is 11.1 Å². The summed E-state index contributed by atoms with van der Waals surface area (Å²) in [6, 6.07) is 6.52. The first-order valence-corrected chi connectivity index (χ1v) is 10.8. The van der Waals surface area contributed by atoms with Crippen LogP contribution in [0.2, 0.25) is 5.02 Å². The van der Waals surface area contributed by atoms with Gasteiger partial charge in [0.1, 0.15) is 16.5 Å². The summed E-state index contributed by atoms with van der Waals surface area (Å²) >= 11 is 5.69. The molecule has 3 rings (SSSR count). The van der Waals surface area contributed by atoms with Gasteiger partial charge in [0.15, 0.2) is 0 Å². The molecule has 0 spiro atoms. The van der Waals surface area contributed by atoms with Crippen molar-refractivity contribution in [2.75, 3.05) is 38.5 Å². The molecule has 1 atom stereocenters. The van der Waals surface area contributed by atoms with E-state index in [0.717, 1.165) is 28.6 Å². The van der Waals surface area contributed by atoms with Gasteiger partial charge in [-0.2, -0.15) is 4.31 Å². The van der Waals surface area contributed by atoms with Crippen molar-refractivity contribution in [1.29, 1.82) is 0 Å². The number of anilines is 1. The molecule has 0 aromatic heterocycles. The van der Waals surface area contributed by atoms with Crippen LogP contribution in [-0.2, 0) is 10.0 Å². The zero-order valence-electron chi connectivity index (χ0n) is 16.0. The monoisotopic (exact) mass is 459 g/mol. The topological polar surface area (TPSA) is 90.0 Å². The van der Waals surface area contributed by atoms with E-state index in [-0.39, 0.29) is 35.9 Å². The molecule has 1 unspecified atom stereocenters. The van der Waals surface area contributed by atoms with Crippen LogP contribution in [0, 0.1) is 11.6 Å². The Balaban J connectivity index is 1.88. The molecule has 2 aromatic rings. The fraction of sp³-hybridized carbons (Fsp3) is 0.316. The number of benzene rings is 2. The van der Waals surface area contributed by atoms with Crippen molar-refractivity contribution >= 4 is 33.2 Å². The molecule has 11 heteroatoms. The maximum absolute atomic E-state index is 14.4. The fourth-order valence-corrected chi connectivity index (χ4v) is 4.83. The zero-order valence-corrected chi connectivity index (χ0v) is 17.6. The third-order valence-electron chi connectivity index (χ3n) is 4.66. The van der Waals surface area contributed by atoms with E-state index in [4.69, 9.17) is 11.6 Å². The molecule has 1 aliphatic rings. The fourth-order valence-electron chi connectivity index (χ4n) is 3.09. The Labute approximate surface area is 177 Å². The van der Waals surface area contributed by atoms with E-state index in [1.165, 1.54) is 12.1 Å². The molecule has 2 aromatic carbocycles. The summed E-state index contributed by atoms with van der Waals surface area (Å²) in [5.74, 6) is -2.39. The minimum atomic E-state index is -4.29. The van der Waals surface area contributed by atoms with Crippen LogP contribution in [0.5, 0.6) is 0 Å². The molecule has 162 valence electrons. The van der Waals surface area contributed by atoms with Gasteiger partial charge in [0, 0.05) is 37.4 Å². The van der Waals surface area contributed by atoms with E-state index >= 15 is 0 Å². The zero-order chi connectivity index (χ0) is 22.1. The first kappa shape index (κ1) is 22.6. The summed E-state index contributed by atoms with van der Waals surface area (Å²) in [6.07, 6.45) is -0.926. The number of hydrogen-bond donors (Lipinski definition) is 2. The lowest BCUT2D eigenvalue weighted by Gasteiger charge is -2.21. The molecule has 1 amide bonds. The highest BCUT2D eigenvalue weighted by Crippen LogP contribution is 2.24. The Bertz CT molecular complexity index is 1070. The average molecular weight is 460 g/mol. The number of nitrogens with zero attached hydrogens (tertiary/aromatic N) is 2. The van der Waals surface area contributed by atoms with Crippen molar-refractivity contribution < 1.29 is 27.1 Å². The first-order chi connectivity index (χ1) is 14.1. The molecule has 0 saturated carbocycles. The second-order valence-corrected chi connectivity index (χ2v) is 9.32. The quantitative estimate of drug-likeness (QED) is 0.731. The predicted molar refractivity (Wildman–Crippen MR) is 108 cm³/mol. The molecular formula is C19H20ClF2N3O4S. The van der Waals surface area contributed by atoms with Gasteiger partial charge >= 0.3 is 0 Å². The smallest absolute Gasteiger partial charge is 0.255 e. The molecule has 2 N–H and O–H groups in total. The van der Waals surface area contributed by atoms with E-state index in [9.17, 15) is 27.1 Å². The lowest BCUT2D eigenvalue weighted by atomic mass is 10.2. The van der Waals surface area contributed by atoms with Crippen molar-refractivity contribution in [2.45, 2.75) is 11.0 Å². The Hall–Kier alpha value is -2.11. The van der Waals surface area contributed by atoms with Crippen molar-refractivity contribution in [3.8, 4) is 0 Å². The SMILES string of the molecule is CN1CCN(S(=O)(=O)c2cc(C(=O)Nc3ccc(F)c(Cl)c3)ccc2F)CC(O)C1. The van der Waals surface area contributed by atoms with Crippen LogP contribution in [0.15, 0.2) is 41.3 Å². The standard InChI is InChI=1S/C19H20ClF2N3O4S/c1-24-6-7-25(11-14(26)10-24)30(28,29)18-8-12(2-4-17(18)22)19(27)23-13-3-5-16(21)15(20)9-13/h2-5,8-9,14,26H,6-7,10-11H2,1H3,(H,23,27). The van der Waals surface area contributed by atoms with Gasteiger partial charge in [0.2, 0.25) is 10.0 Å². The number of β-amino-alcohol motifs (C(OH)–C–C–N with tert-alkyl or cyclic N) is 1. The van der Waals surface area contributed by atoms with Gasteiger partial charge in [-0.15, -0.1) is 0 Å². The van der Waals surface area contributed by atoms with Gasteiger partial charge in [-0.25, -0.2) is 17.2 Å². The molecule has 0 radical (unpaired) electrons. The van der Waals surface area contributed by atoms with Crippen LogP contribution in [0.25, 0.3) is 0 Å². The van der Waals surface area contributed by atoms with Crippen LogP contribution >= 0.6 is 11.6 Å². The molecule has 1 aliphatic heterocycles. The number of carbonyl (C=O) groups excluding carboxylic acids is 1. The highest BCUT2D eigenvalue weighted by Gasteiger charge is 2.32. The van der Waals surface area contributed by atoms with Crippen LogP contribution in [-0.4, -0.2) is 68.0 Å². The summed E-state index contributed by atoms with van der Waals surface area (Å²) < 4.78 is 54.7. The molecule has 1 saturated heterocycles. The number of likely N-dealkylation sites (N-methyl/N-ethyl adjacent to an activating group) is 1. The van der Waals surface area contributed by atoms with Crippen molar-refractivity contribution in [2.24, 2.45) is 0 Å². The minimum Gasteiger partial charge on any atom is -0.390 e. The highest BCUT2D eigenvalue weighted by atomic mass is 35.5. The average Bonchev–Trinajstić information content (AvgIpc) is 2.85. The molecule has 30 heavy (non-hydrogen) atoms. The van der Waals surface area contributed by atoms with Crippen molar-refractivity contribution in [3.05, 3.63) is 58.6 Å². The Morgan fingerprint density at radius 2 is 1.83 bits per heavy atom. The number of rotatable bonds is 4. The maximum atomic E-state index is 14.4. The van der Waals surface area contributed by atoms with E-state index in [2.05, 4.69) is 5.32 Å². The third kappa shape index (κ3) is 4.96. The molecule has 1 heterocycles. The Morgan fingerprint density at radius 1 is 1.13 bits per heavy atom. The molecule has 7 nitrogen and oxygen atoms in total. The lowest BCUT2D eigenvalue weighted by molar-refractivity contribution is 0.102. The van der Waals surface area contributed by atoms with Crippen LogP contribution in [0.4, 0.5) is 14.5 Å². The summed E-state index contributed by atoms with van der Waals surface area (Å²) in [6.45, 7) is 0.539. The maximum Gasteiger partial charge on any atom is 0.255 e. The minimum absolute atomic E-state index is 0.0693. The summed E-state index contributed by atoms with van der Waals surface area (Å²) in [5, 5.41) is 12.3. The van der Waals surface area contributed by atoms with Crippen LogP contribution < -0.4 is 5.32 Å². The molecule has 0 aliphatic carbocycles.